The van der Waals surface area contributed by atoms with E-state index in [1.54, 1.807) is 24.3 Å². The van der Waals surface area contributed by atoms with Crippen molar-refractivity contribution in [3.8, 4) is 5.75 Å². The lowest BCUT2D eigenvalue weighted by Crippen LogP contribution is -2.27. The molecule has 138 valence electrons. The van der Waals surface area contributed by atoms with Crippen LogP contribution in [0, 0.1) is 0 Å². The van der Waals surface area contributed by atoms with Crippen LogP contribution in [-0.4, -0.2) is 16.0 Å². The summed E-state index contributed by atoms with van der Waals surface area (Å²) < 4.78 is 5.43. The van der Waals surface area contributed by atoms with Crippen LogP contribution in [0.5, 0.6) is 5.75 Å². The van der Waals surface area contributed by atoms with Crippen LogP contribution in [-0.2, 0) is 12.8 Å². The fourth-order valence-corrected chi connectivity index (χ4v) is 3.47. The number of phenolic OH excluding ortho intramolecular Hbond substituents is 1. The molecule has 0 fully saturated rings. The van der Waals surface area contributed by atoms with E-state index in [9.17, 15) is 9.90 Å². The van der Waals surface area contributed by atoms with Crippen molar-refractivity contribution in [2.24, 2.45) is 5.73 Å². The fourth-order valence-electron chi connectivity index (χ4n) is 3.47. The number of hydrogen-bond donors (Lipinski definition) is 3. The third-order valence-corrected chi connectivity index (χ3v) is 4.90. The van der Waals surface area contributed by atoms with Crippen molar-refractivity contribution in [2.45, 2.75) is 31.3 Å². The van der Waals surface area contributed by atoms with Gasteiger partial charge in [0, 0.05) is 0 Å². The number of benzene rings is 2. The zero-order chi connectivity index (χ0) is 18.8. The van der Waals surface area contributed by atoms with Gasteiger partial charge in [0.15, 0.2) is 5.69 Å². The van der Waals surface area contributed by atoms with Gasteiger partial charge in [0.25, 0.3) is 5.91 Å². The normalized spacial score (nSPS) is 16.7. The van der Waals surface area contributed by atoms with Crippen molar-refractivity contribution in [3.63, 3.8) is 0 Å². The molecule has 0 saturated carbocycles. The van der Waals surface area contributed by atoms with Gasteiger partial charge in [0.1, 0.15) is 12.0 Å². The molecule has 6 nitrogen and oxygen atoms in total. The zero-order valence-corrected chi connectivity index (χ0v) is 14.8. The second-order valence-corrected chi connectivity index (χ2v) is 6.81. The number of nitrogens with one attached hydrogen (secondary N) is 1. The minimum absolute atomic E-state index is 0.000445. The van der Waals surface area contributed by atoms with E-state index in [1.165, 1.54) is 17.4 Å². The predicted octanol–water partition coefficient (Wildman–Crippen LogP) is 3.04. The number of aromatic nitrogens is 1. The Labute approximate surface area is 157 Å². The summed E-state index contributed by atoms with van der Waals surface area (Å²) in [7, 11) is 0. The number of rotatable bonds is 5. The Morgan fingerprint density at radius 1 is 1.26 bits per heavy atom. The summed E-state index contributed by atoms with van der Waals surface area (Å²) in [6, 6.07) is 14.5. The molecule has 1 heterocycles. The summed E-state index contributed by atoms with van der Waals surface area (Å²) in [5.74, 6) is 0.263. The second kappa shape index (κ2) is 7.25. The third-order valence-electron chi connectivity index (χ3n) is 4.90. The predicted molar refractivity (Wildman–Crippen MR) is 100 cm³/mol. The van der Waals surface area contributed by atoms with Gasteiger partial charge in [-0.25, -0.2) is 4.98 Å². The number of hydrogen-bond acceptors (Lipinski definition) is 5. The summed E-state index contributed by atoms with van der Waals surface area (Å²) >= 11 is 0. The van der Waals surface area contributed by atoms with Gasteiger partial charge in [-0.05, 0) is 48.1 Å². The Morgan fingerprint density at radius 3 is 2.85 bits per heavy atom. The number of carbonyl (C=O) groups is 1. The Morgan fingerprint density at radius 2 is 2.04 bits per heavy atom. The van der Waals surface area contributed by atoms with Crippen molar-refractivity contribution in [2.75, 3.05) is 0 Å². The van der Waals surface area contributed by atoms with Gasteiger partial charge >= 0.3 is 0 Å². The monoisotopic (exact) mass is 363 g/mol. The minimum atomic E-state index is -0.469. The lowest BCUT2D eigenvalue weighted by Gasteiger charge is -2.12. The SMILES string of the molecule is NC(Cc1ccc(O)cc1)c1nc(C(=O)NC2CCc3ccccc32)co1. The summed E-state index contributed by atoms with van der Waals surface area (Å²) in [5, 5.41) is 12.4. The molecule has 3 aromatic rings. The maximum atomic E-state index is 12.5. The van der Waals surface area contributed by atoms with E-state index in [1.807, 2.05) is 12.1 Å². The molecule has 2 aromatic carbocycles. The van der Waals surface area contributed by atoms with Crippen LogP contribution in [0.1, 0.15) is 51.6 Å². The Kier molecular flexibility index (Phi) is 4.64. The Hall–Kier alpha value is -3.12. The van der Waals surface area contributed by atoms with Gasteiger partial charge in [-0.15, -0.1) is 0 Å². The number of amides is 1. The molecule has 0 aliphatic heterocycles. The summed E-state index contributed by atoms with van der Waals surface area (Å²) in [4.78, 5) is 16.8. The zero-order valence-electron chi connectivity index (χ0n) is 14.8. The molecular weight excluding hydrogens is 342 g/mol. The average molecular weight is 363 g/mol. The first kappa shape index (κ1) is 17.3. The van der Waals surface area contributed by atoms with Crippen molar-refractivity contribution in [1.82, 2.24) is 10.3 Å². The van der Waals surface area contributed by atoms with Gasteiger partial charge in [-0.2, -0.15) is 0 Å². The molecule has 4 N–H and O–H groups in total. The molecular formula is C21H21N3O3. The van der Waals surface area contributed by atoms with Crippen molar-refractivity contribution >= 4 is 5.91 Å². The molecule has 0 saturated heterocycles. The quantitative estimate of drug-likeness (QED) is 0.647. The molecule has 27 heavy (non-hydrogen) atoms. The molecule has 1 aliphatic rings. The number of phenols is 1. The van der Waals surface area contributed by atoms with E-state index in [0.29, 0.717) is 12.3 Å². The molecule has 4 rings (SSSR count). The van der Waals surface area contributed by atoms with Crippen LogP contribution in [0.15, 0.2) is 59.2 Å². The first-order chi connectivity index (χ1) is 13.1. The fraction of sp³-hybridized carbons (Fsp3) is 0.238. The number of nitrogens with two attached hydrogens (primary N) is 1. The highest BCUT2D eigenvalue weighted by Gasteiger charge is 2.25. The lowest BCUT2D eigenvalue weighted by atomic mass is 10.1. The molecule has 0 radical (unpaired) electrons. The van der Waals surface area contributed by atoms with E-state index in [2.05, 4.69) is 22.4 Å². The van der Waals surface area contributed by atoms with Crippen LogP contribution >= 0.6 is 0 Å². The highest BCUT2D eigenvalue weighted by atomic mass is 16.3. The number of oxazole rings is 1. The van der Waals surface area contributed by atoms with Crippen LogP contribution in [0.4, 0.5) is 0 Å². The van der Waals surface area contributed by atoms with Crippen molar-refractivity contribution in [1.29, 1.82) is 0 Å². The topological polar surface area (TPSA) is 101 Å². The standard InChI is InChI=1S/C21H21N3O3/c22-17(11-13-5-8-15(25)9-6-13)21-24-19(12-27-21)20(26)23-18-10-7-14-3-1-2-4-16(14)18/h1-6,8-9,12,17-18,25H,7,10-11,22H2,(H,23,26). The van der Waals surface area contributed by atoms with Crippen LogP contribution < -0.4 is 11.1 Å². The van der Waals surface area contributed by atoms with Gasteiger partial charge < -0.3 is 20.6 Å². The number of carbonyl (C=O) groups excluding carboxylic acids is 1. The van der Waals surface area contributed by atoms with Gasteiger partial charge in [0.2, 0.25) is 5.89 Å². The lowest BCUT2D eigenvalue weighted by molar-refractivity contribution is 0.0931. The number of aryl methyl sites for hydroxylation is 1. The molecule has 0 bridgehead atoms. The van der Waals surface area contributed by atoms with E-state index in [0.717, 1.165) is 18.4 Å². The summed E-state index contributed by atoms with van der Waals surface area (Å²) in [5.41, 5.74) is 9.78. The largest absolute Gasteiger partial charge is 0.508 e. The summed E-state index contributed by atoms with van der Waals surface area (Å²) in [6.45, 7) is 0. The van der Waals surface area contributed by atoms with Crippen molar-refractivity contribution in [3.05, 3.63) is 83.1 Å². The van der Waals surface area contributed by atoms with Gasteiger partial charge in [0.05, 0.1) is 12.1 Å². The van der Waals surface area contributed by atoms with Gasteiger partial charge in [-0.1, -0.05) is 36.4 Å². The molecule has 2 atom stereocenters. The average Bonchev–Trinajstić information content (AvgIpc) is 3.32. The molecule has 1 amide bonds. The smallest absolute Gasteiger partial charge is 0.273 e. The van der Waals surface area contributed by atoms with E-state index in [-0.39, 0.29) is 23.4 Å². The first-order valence-electron chi connectivity index (χ1n) is 8.98. The molecule has 1 aliphatic carbocycles. The number of fused-ring (bicyclic) bond motifs is 1. The highest BCUT2D eigenvalue weighted by Crippen LogP contribution is 2.31. The first-order valence-corrected chi connectivity index (χ1v) is 8.98. The molecule has 6 heteroatoms. The van der Waals surface area contributed by atoms with E-state index < -0.39 is 6.04 Å². The van der Waals surface area contributed by atoms with Crippen LogP contribution in [0.3, 0.4) is 0 Å². The molecule has 2 unspecified atom stereocenters. The van der Waals surface area contributed by atoms with E-state index >= 15 is 0 Å². The Bertz CT molecular complexity index is 949. The minimum Gasteiger partial charge on any atom is -0.508 e. The molecule has 0 spiro atoms. The Balaban J connectivity index is 1.41. The van der Waals surface area contributed by atoms with E-state index in [4.69, 9.17) is 10.2 Å². The number of nitrogens with zero attached hydrogens (tertiary/aromatic N) is 1. The highest BCUT2D eigenvalue weighted by molar-refractivity contribution is 5.92. The van der Waals surface area contributed by atoms with Crippen molar-refractivity contribution < 1.29 is 14.3 Å². The third kappa shape index (κ3) is 3.71. The molecule has 1 aromatic heterocycles. The van der Waals surface area contributed by atoms with Crippen LogP contribution in [0.2, 0.25) is 0 Å². The second-order valence-electron chi connectivity index (χ2n) is 6.81. The van der Waals surface area contributed by atoms with Gasteiger partial charge in [-0.3, -0.25) is 4.79 Å². The maximum Gasteiger partial charge on any atom is 0.273 e. The summed E-state index contributed by atoms with van der Waals surface area (Å²) in [6.07, 6.45) is 3.69. The van der Waals surface area contributed by atoms with Crippen LogP contribution in [0.25, 0.3) is 0 Å². The number of aromatic hydroxyl groups is 1. The maximum absolute atomic E-state index is 12.5.